The van der Waals surface area contributed by atoms with Gasteiger partial charge in [-0.3, -0.25) is 4.79 Å². The molecule has 0 saturated carbocycles. The highest BCUT2D eigenvalue weighted by atomic mass is 16.6. The second-order valence-electron chi connectivity index (χ2n) is 10.6. The molecule has 2 atom stereocenters. The van der Waals surface area contributed by atoms with Crippen molar-refractivity contribution in [2.45, 2.75) is 58.9 Å². The Morgan fingerprint density at radius 3 is 2.59 bits per heavy atom. The summed E-state index contributed by atoms with van der Waals surface area (Å²) in [6.07, 6.45) is -0.0919. The van der Waals surface area contributed by atoms with Crippen molar-refractivity contribution in [1.82, 2.24) is 4.90 Å². The largest absolute Gasteiger partial charge is 0.493 e. The number of fused-ring (bicyclic) bond motifs is 2. The van der Waals surface area contributed by atoms with E-state index in [1.807, 2.05) is 20.8 Å². The van der Waals surface area contributed by atoms with Gasteiger partial charge in [-0.15, -0.1) is 0 Å². The molecule has 0 spiro atoms. The van der Waals surface area contributed by atoms with Crippen LogP contribution in [-0.4, -0.2) is 67.6 Å². The quantitative estimate of drug-likeness (QED) is 0.236. The molecule has 0 unspecified atom stereocenters. The van der Waals surface area contributed by atoms with Crippen LogP contribution in [0.5, 0.6) is 11.5 Å². The maximum Gasteiger partial charge on any atom is 0.416 e. The Kier molecular flexibility index (Phi) is 9.59. The van der Waals surface area contributed by atoms with Crippen LogP contribution in [0.4, 0.5) is 16.2 Å². The molecular weight excluding hydrogens is 525 g/mol. The molecule has 2 N–H and O–H groups in total. The summed E-state index contributed by atoms with van der Waals surface area (Å²) in [7, 11) is 2.91. The predicted octanol–water partition coefficient (Wildman–Crippen LogP) is 4.33. The van der Waals surface area contributed by atoms with Gasteiger partial charge in [0.15, 0.2) is 17.7 Å². The van der Waals surface area contributed by atoms with E-state index in [-0.39, 0.29) is 41.9 Å². The SMILES string of the molecule is C=C1C[C@H]2[C@H](O)N(C(=O)OCc3ccc(N[B]C(=O)C(C)C)cc3)c3cc(OCCCC)c(OC)cc3C(=O)N2C1. The van der Waals surface area contributed by atoms with Crippen molar-refractivity contribution in [1.29, 1.82) is 0 Å². The van der Waals surface area contributed by atoms with Gasteiger partial charge in [-0.05, 0) is 36.6 Å². The molecule has 11 heteroatoms. The first-order chi connectivity index (χ1) is 19.6. The molecule has 0 aliphatic carbocycles. The Bertz CT molecular complexity index is 1300. The zero-order chi connectivity index (χ0) is 29.7. The van der Waals surface area contributed by atoms with Gasteiger partial charge in [-0.1, -0.05) is 51.5 Å². The number of methoxy groups -OCH3 is 1. The molecular formula is C30H37BN3O7. The Hall–Kier alpha value is -3.99. The number of rotatable bonds is 11. The first kappa shape index (κ1) is 30.0. The highest BCUT2D eigenvalue weighted by molar-refractivity contribution is 6.76. The lowest BCUT2D eigenvalue weighted by atomic mass is 9.80. The highest BCUT2D eigenvalue weighted by Crippen LogP contribution is 2.42. The summed E-state index contributed by atoms with van der Waals surface area (Å²) in [6.45, 7) is 10.3. The summed E-state index contributed by atoms with van der Waals surface area (Å²) in [5, 5.41) is 14.4. The second-order valence-corrected chi connectivity index (χ2v) is 10.6. The maximum absolute atomic E-state index is 13.6. The smallest absolute Gasteiger partial charge is 0.416 e. The molecule has 2 aliphatic heterocycles. The fourth-order valence-corrected chi connectivity index (χ4v) is 4.74. The van der Waals surface area contributed by atoms with Gasteiger partial charge in [-0.25, -0.2) is 9.69 Å². The van der Waals surface area contributed by atoms with Crippen molar-refractivity contribution >= 4 is 36.5 Å². The number of amides is 2. The number of aliphatic hydroxyl groups is 1. The monoisotopic (exact) mass is 562 g/mol. The van der Waals surface area contributed by atoms with E-state index in [0.717, 1.165) is 29.0 Å². The minimum atomic E-state index is -1.37. The van der Waals surface area contributed by atoms with Crippen LogP contribution in [0.15, 0.2) is 48.6 Å². The number of aliphatic hydroxyl groups excluding tert-OH is 1. The number of carbonyl (C=O) groups is 3. The van der Waals surface area contributed by atoms with Crippen molar-refractivity contribution in [3.63, 3.8) is 0 Å². The number of carbonyl (C=O) groups excluding carboxylic acids is 3. The van der Waals surface area contributed by atoms with Crippen molar-refractivity contribution < 1.29 is 33.7 Å². The van der Waals surface area contributed by atoms with Gasteiger partial charge in [0, 0.05) is 24.2 Å². The molecule has 0 bridgehead atoms. The molecule has 41 heavy (non-hydrogen) atoms. The molecule has 2 heterocycles. The fourth-order valence-electron chi connectivity index (χ4n) is 4.74. The van der Waals surface area contributed by atoms with E-state index in [4.69, 9.17) is 14.2 Å². The predicted molar refractivity (Wildman–Crippen MR) is 156 cm³/mol. The number of hydrogen-bond acceptors (Lipinski definition) is 8. The van der Waals surface area contributed by atoms with Crippen LogP contribution in [0, 0.1) is 5.92 Å². The molecule has 1 radical (unpaired) electrons. The number of nitrogens with zero attached hydrogens (tertiary/aromatic N) is 2. The lowest BCUT2D eigenvalue weighted by molar-refractivity contribution is -0.114. The van der Waals surface area contributed by atoms with Crippen LogP contribution in [-0.2, 0) is 16.1 Å². The maximum atomic E-state index is 13.6. The van der Waals surface area contributed by atoms with Gasteiger partial charge < -0.3 is 34.2 Å². The van der Waals surface area contributed by atoms with E-state index in [1.54, 1.807) is 36.4 Å². The Labute approximate surface area is 241 Å². The number of anilines is 2. The number of ether oxygens (including phenoxy) is 3. The first-order valence-electron chi connectivity index (χ1n) is 13.8. The summed E-state index contributed by atoms with van der Waals surface area (Å²) in [6, 6.07) is 9.51. The lowest BCUT2D eigenvalue weighted by Crippen LogP contribution is -2.50. The van der Waals surface area contributed by atoms with Crippen LogP contribution < -0.4 is 19.6 Å². The second kappa shape index (κ2) is 13.1. The molecule has 0 aromatic heterocycles. The molecule has 1 fully saturated rings. The standard InChI is InChI=1S/C30H37BN3O7/c1-6-7-12-40-26-15-23-22(14-25(26)39-5)28(36)33-16-19(4)13-24(33)29(37)34(23)30(38)41-17-20-8-10-21(11-9-20)32-31-27(35)18(2)3/h8-11,14-15,18,24,29,32,37H,4,6-7,12-13,16-17H2,1-3,5H3/t24-,29-/m0/s1. The molecule has 1 saturated heterocycles. The number of unbranched alkanes of at least 4 members (excludes halogenated alkanes) is 1. The molecule has 2 aromatic carbocycles. The normalized spacial score (nSPS) is 18.0. The molecule has 10 nitrogen and oxygen atoms in total. The summed E-state index contributed by atoms with van der Waals surface area (Å²) in [5.74, 6) is 0.269. The lowest BCUT2D eigenvalue weighted by Gasteiger charge is -2.31. The van der Waals surface area contributed by atoms with E-state index >= 15 is 0 Å². The van der Waals surface area contributed by atoms with Gasteiger partial charge >= 0.3 is 13.5 Å². The molecule has 2 aliphatic rings. The van der Waals surface area contributed by atoms with E-state index in [9.17, 15) is 19.5 Å². The molecule has 2 aromatic rings. The zero-order valence-corrected chi connectivity index (χ0v) is 24.0. The average Bonchev–Trinajstić information content (AvgIpc) is 3.33. The molecule has 4 rings (SSSR count). The summed E-state index contributed by atoms with van der Waals surface area (Å²) in [4.78, 5) is 41.7. The third-order valence-electron chi connectivity index (χ3n) is 7.15. The molecule has 217 valence electrons. The fraction of sp³-hybridized carbons (Fsp3) is 0.433. The van der Waals surface area contributed by atoms with E-state index in [0.29, 0.717) is 30.1 Å². The van der Waals surface area contributed by atoms with Crippen molar-refractivity contribution in [3.8, 4) is 11.5 Å². The minimum Gasteiger partial charge on any atom is -0.493 e. The number of benzene rings is 2. The third kappa shape index (κ3) is 6.67. The van der Waals surface area contributed by atoms with Crippen molar-refractivity contribution in [2.75, 3.05) is 30.4 Å². The summed E-state index contributed by atoms with van der Waals surface area (Å²) in [5.41, 5.74) is 2.57. The average molecular weight is 562 g/mol. The van der Waals surface area contributed by atoms with Crippen molar-refractivity contribution in [2.24, 2.45) is 5.92 Å². The van der Waals surface area contributed by atoms with Gasteiger partial charge in [0.2, 0.25) is 0 Å². The van der Waals surface area contributed by atoms with E-state index in [2.05, 4.69) is 11.8 Å². The minimum absolute atomic E-state index is 0.0151. The van der Waals surface area contributed by atoms with Crippen LogP contribution in [0.1, 0.15) is 56.0 Å². The summed E-state index contributed by atoms with van der Waals surface area (Å²) >= 11 is 0. The topological polar surface area (TPSA) is 118 Å². The number of nitrogens with one attached hydrogen (secondary N) is 1. The third-order valence-corrected chi connectivity index (χ3v) is 7.15. The van der Waals surface area contributed by atoms with E-state index in [1.165, 1.54) is 19.4 Å². The van der Waals surface area contributed by atoms with Crippen LogP contribution in [0.3, 0.4) is 0 Å². The van der Waals surface area contributed by atoms with Gasteiger partial charge in [0.1, 0.15) is 12.3 Å². The Morgan fingerprint density at radius 1 is 1.20 bits per heavy atom. The molecule has 2 amide bonds. The van der Waals surface area contributed by atoms with Crippen LogP contribution >= 0.6 is 0 Å². The Balaban J connectivity index is 1.58. The summed E-state index contributed by atoms with van der Waals surface area (Å²) < 4.78 is 17.1. The van der Waals surface area contributed by atoms with E-state index < -0.39 is 18.4 Å². The van der Waals surface area contributed by atoms with Crippen molar-refractivity contribution in [3.05, 3.63) is 59.7 Å². The van der Waals surface area contributed by atoms with Crippen LogP contribution in [0.2, 0.25) is 0 Å². The first-order valence-corrected chi connectivity index (χ1v) is 13.8. The zero-order valence-electron chi connectivity index (χ0n) is 24.0. The Morgan fingerprint density at radius 2 is 1.93 bits per heavy atom. The highest BCUT2D eigenvalue weighted by Gasteiger charge is 2.46. The number of hydrogen-bond donors (Lipinski definition) is 2. The van der Waals surface area contributed by atoms with Crippen LogP contribution in [0.25, 0.3) is 0 Å². The van der Waals surface area contributed by atoms with Gasteiger partial charge in [0.25, 0.3) is 5.91 Å². The van der Waals surface area contributed by atoms with Gasteiger partial charge in [-0.2, -0.15) is 0 Å². The van der Waals surface area contributed by atoms with Gasteiger partial charge in [0.05, 0.1) is 31.0 Å².